The number of carbonyl (C=O) groups excluding carboxylic acids is 2. The number of amides is 2. The molecule has 2 amide bonds. The van der Waals surface area contributed by atoms with Crippen molar-refractivity contribution in [3.63, 3.8) is 0 Å². The smallest absolute Gasteiger partial charge is 0.254 e. The van der Waals surface area contributed by atoms with Gasteiger partial charge < -0.3 is 23.4 Å². The van der Waals surface area contributed by atoms with Gasteiger partial charge in [-0.1, -0.05) is 0 Å². The van der Waals surface area contributed by atoms with Crippen LogP contribution in [0.3, 0.4) is 0 Å². The van der Waals surface area contributed by atoms with Crippen molar-refractivity contribution >= 4 is 20.7 Å². The number of hydrogen-bond acceptors (Lipinski definition) is 7. The quantitative estimate of drug-likeness (QED) is 0.263. The summed E-state index contributed by atoms with van der Waals surface area (Å²) in [4.78, 5) is 23.2. The highest BCUT2D eigenvalue weighted by Gasteiger charge is 2.10. The fraction of sp³-hybridized carbons (Fsp3) is 0.538. The molecule has 0 aromatic heterocycles. The van der Waals surface area contributed by atoms with E-state index in [1.807, 2.05) is 0 Å². The number of carbonyl (C=O) groups is 2. The van der Waals surface area contributed by atoms with Crippen LogP contribution < -0.4 is 5.32 Å². The van der Waals surface area contributed by atoms with Crippen LogP contribution in [0.1, 0.15) is 6.92 Å². The SMILES string of the molecule is COC(/C=C\N(C)/C=C(/C)C(=O)NC=O)OCP(OC)OC. The van der Waals surface area contributed by atoms with Gasteiger partial charge in [-0.2, -0.15) is 0 Å². The van der Waals surface area contributed by atoms with Crippen molar-refractivity contribution in [2.75, 3.05) is 34.7 Å². The van der Waals surface area contributed by atoms with Gasteiger partial charge in [-0.25, -0.2) is 0 Å². The lowest BCUT2D eigenvalue weighted by atomic mass is 10.3. The lowest BCUT2D eigenvalue weighted by Crippen LogP contribution is -2.23. The van der Waals surface area contributed by atoms with Crippen LogP contribution in [0.4, 0.5) is 0 Å². The van der Waals surface area contributed by atoms with Crippen LogP contribution in [0.2, 0.25) is 0 Å². The fourth-order valence-electron chi connectivity index (χ4n) is 1.30. The molecule has 0 fully saturated rings. The standard InChI is InChI=1S/C13H23N2O6P/c1-11(13(17)14-9-16)8-15(2)7-6-12(18-3)21-10-22(19-4)20-5/h6-9,12H,10H2,1-5H3,(H,14,16,17)/b7-6-,11-8-. The summed E-state index contributed by atoms with van der Waals surface area (Å²) in [7, 11) is 5.24. The first-order chi connectivity index (χ1) is 10.5. The minimum Gasteiger partial charge on any atom is -0.357 e. The molecule has 9 heteroatoms. The summed E-state index contributed by atoms with van der Waals surface area (Å²) in [6, 6.07) is 0. The van der Waals surface area contributed by atoms with Crippen molar-refractivity contribution in [1.29, 1.82) is 0 Å². The summed E-state index contributed by atoms with van der Waals surface area (Å²) in [5.74, 6) is -0.458. The van der Waals surface area contributed by atoms with Crippen molar-refractivity contribution in [2.24, 2.45) is 0 Å². The largest absolute Gasteiger partial charge is 0.357 e. The molecular weight excluding hydrogens is 311 g/mol. The van der Waals surface area contributed by atoms with E-state index in [1.54, 1.807) is 51.6 Å². The second kappa shape index (κ2) is 12.3. The molecule has 0 radical (unpaired) electrons. The van der Waals surface area contributed by atoms with Gasteiger partial charge >= 0.3 is 0 Å². The lowest BCUT2D eigenvalue weighted by Gasteiger charge is -2.17. The Morgan fingerprint density at radius 3 is 2.45 bits per heavy atom. The van der Waals surface area contributed by atoms with Crippen LogP contribution >= 0.6 is 8.38 Å². The molecule has 0 rings (SSSR count). The van der Waals surface area contributed by atoms with Crippen LogP contribution in [-0.4, -0.2) is 58.2 Å². The Kier molecular flexibility index (Phi) is 11.5. The van der Waals surface area contributed by atoms with E-state index >= 15 is 0 Å². The number of hydrogen-bond donors (Lipinski definition) is 1. The van der Waals surface area contributed by atoms with Crippen molar-refractivity contribution in [3.8, 4) is 0 Å². The molecule has 0 aliphatic carbocycles. The number of methoxy groups -OCH3 is 1. The van der Waals surface area contributed by atoms with Crippen LogP contribution in [0.25, 0.3) is 0 Å². The monoisotopic (exact) mass is 334 g/mol. The zero-order valence-electron chi connectivity index (χ0n) is 13.4. The Bertz CT molecular complexity index is 398. The van der Waals surface area contributed by atoms with Crippen LogP contribution in [0.15, 0.2) is 24.0 Å². The van der Waals surface area contributed by atoms with Crippen molar-refractivity contribution < 1.29 is 28.1 Å². The van der Waals surface area contributed by atoms with E-state index < -0.39 is 20.6 Å². The molecule has 22 heavy (non-hydrogen) atoms. The molecule has 0 aliphatic heterocycles. The maximum absolute atomic E-state index is 11.4. The van der Waals surface area contributed by atoms with E-state index in [0.29, 0.717) is 12.0 Å². The van der Waals surface area contributed by atoms with Crippen molar-refractivity contribution in [3.05, 3.63) is 24.0 Å². The van der Waals surface area contributed by atoms with E-state index in [0.717, 1.165) is 0 Å². The third-order valence-electron chi connectivity index (χ3n) is 2.41. The van der Waals surface area contributed by atoms with Gasteiger partial charge in [-0.3, -0.25) is 14.9 Å². The van der Waals surface area contributed by atoms with Gasteiger partial charge in [-0.15, -0.1) is 0 Å². The average Bonchev–Trinajstić information content (AvgIpc) is 2.51. The molecule has 0 aliphatic rings. The fourth-order valence-corrected chi connectivity index (χ4v) is 1.93. The molecule has 126 valence electrons. The lowest BCUT2D eigenvalue weighted by molar-refractivity contribution is -0.122. The number of nitrogens with one attached hydrogen (secondary N) is 1. The first-order valence-electron chi connectivity index (χ1n) is 6.31. The Labute approximate surface area is 131 Å². The van der Waals surface area contributed by atoms with Gasteiger partial charge in [0.1, 0.15) is 6.35 Å². The molecule has 0 spiro atoms. The molecule has 0 bridgehead atoms. The van der Waals surface area contributed by atoms with Gasteiger partial charge in [0.05, 0.1) is 0 Å². The molecule has 0 saturated heterocycles. The normalized spacial score (nSPS) is 13.5. The van der Waals surface area contributed by atoms with Crippen molar-refractivity contribution in [2.45, 2.75) is 13.2 Å². The topological polar surface area (TPSA) is 86.3 Å². The molecule has 1 unspecified atom stereocenters. The third-order valence-corrected chi connectivity index (χ3v) is 3.58. The minimum atomic E-state index is -1.09. The molecule has 8 nitrogen and oxygen atoms in total. The Morgan fingerprint density at radius 1 is 1.32 bits per heavy atom. The zero-order chi connectivity index (χ0) is 17.0. The van der Waals surface area contributed by atoms with Gasteiger partial charge in [-0.05, 0) is 13.0 Å². The summed E-state index contributed by atoms with van der Waals surface area (Å²) < 4.78 is 20.8. The molecule has 0 saturated carbocycles. The molecule has 1 atom stereocenters. The number of imide groups is 1. The summed E-state index contributed by atoms with van der Waals surface area (Å²) in [6.45, 7) is 1.60. The van der Waals surface area contributed by atoms with Gasteiger partial charge in [0.25, 0.3) is 5.91 Å². The van der Waals surface area contributed by atoms with Crippen LogP contribution in [-0.2, 0) is 28.1 Å². The predicted octanol–water partition coefficient (Wildman–Crippen LogP) is 1.16. The second-order valence-electron chi connectivity index (χ2n) is 4.01. The number of nitrogens with zero attached hydrogens (tertiary/aromatic N) is 1. The molecular formula is C13H23N2O6P. The molecule has 1 N–H and O–H groups in total. The molecule has 0 aromatic rings. The zero-order valence-corrected chi connectivity index (χ0v) is 14.3. The van der Waals surface area contributed by atoms with Gasteiger partial charge in [0.15, 0.2) is 14.7 Å². The molecule has 0 heterocycles. The first-order valence-corrected chi connectivity index (χ1v) is 7.68. The first kappa shape index (κ1) is 20.7. The van der Waals surface area contributed by atoms with Crippen molar-refractivity contribution in [1.82, 2.24) is 10.2 Å². The Morgan fingerprint density at radius 2 is 1.95 bits per heavy atom. The van der Waals surface area contributed by atoms with Gasteiger partial charge in [0, 0.05) is 46.4 Å². The highest BCUT2D eigenvalue weighted by molar-refractivity contribution is 7.46. The highest BCUT2D eigenvalue weighted by atomic mass is 31.2. The summed E-state index contributed by atoms with van der Waals surface area (Å²) >= 11 is 0. The minimum absolute atomic E-state index is 0.269. The Balaban J connectivity index is 4.48. The van der Waals surface area contributed by atoms with Crippen LogP contribution in [0.5, 0.6) is 0 Å². The van der Waals surface area contributed by atoms with E-state index in [1.165, 1.54) is 7.11 Å². The second-order valence-corrected chi connectivity index (χ2v) is 5.66. The average molecular weight is 334 g/mol. The van der Waals surface area contributed by atoms with Crippen LogP contribution in [0, 0.1) is 0 Å². The van der Waals surface area contributed by atoms with E-state index in [2.05, 4.69) is 5.32 Å². The maximum atomic E-state index is 11.4. The predicted molar refractivity (Wildman–Crippen MR) is 82.6 cm³/mol. The summed E-state index contributed by atoms with van der Waals surface area (Å²) in [5, 5.41) is 2.06. The van der Waals surface area contributed by atoms with E-state index in [4.69, 9.17) is 18.5 Å². The van der Waals surface area contributed by atoms with E-state index in [9.17, 15) is 9.59 Å². The molecule has 0 aromatic carbocycles. The summed E-state index contributed by atoms with van der Waals surface area (Å²) in [6.07, 6.45) is 4.95. The highest BCUT2D eigenvalue weighted by Crippen LogP contribution is 2.35. The number of ether oxygens (including phenoxy) is 2. The summed E-state index contributed by atoms with van der Waals surface area (Å²) in [5.41, 5.74) is 0.386. The van der Waals surface area contributed by atoms with E-state index in [-0.39, 0.29) is 6.35 Å². The Hall–Kier alpha value is -1.31. The third kappa shape index (κ3) is 8.86. The maximum Gasteiger partial charge on any atom is 0.254 e. The number of rotatable bonds is 11. The van der Waals surface area contributed by atoms with Gasteiger partial charge in [0.2, 0.25) is 6.41 Å².